The normalized spacial score (nSPS) is 12.3. The summed E-state index contributed by atoms with van der Waals surface area (Å²) >= 11 is 7.38. The maximum Gasteiger partial charge on any atom is 0.237 e. The minimum atomic E-state index is -0.301. The van der Waals surface area contributed by atoms with Crippen LogP contribution >= 0.6 is 23.4 Å². The van der Waals surface area contributed by atoms with Crippen LogP contribution in [0.4, 0.5) is 11.4 Å². The van der Waals surface area contributed by atoms with Crippen molar-refractivity contribution in [1.82, 2.24) is 0 Å². The Hall–Kier alpha value is -1.98. The van der Waals surface area contributed by atoms with Gasteiger partial charge < -0.3 is 10.6 Å². The van der Waals surface area contributed by atoms with Gasteiger partial charge in [0, 0.05) is 27.7 Å². The highest BCUT2D eigenvalue weighted by Gasteiger charge is 2.17. The first-order valence-electron chi connectivity index (χ1n) is 8.75. The molecule has 2 amide bonds. The van der Waals surface area contributed by atoms with Gasteiger partial charge in [-0.05, 0) is 48.7 Å². The molecule has 2 aromatic carbocycles. The standard InChI is InChI=1S/C21H25ClN2O2S/c1-14(20(26)24-16-8-5-7-15(22)11-16)27-18-10-6-9-17(12-18)23-19(25)13-21(2,3)4/h5-12,14H,13H2,1-4H3,(H,23,25)(H,24,26). The summed E-state index contributed by atoms with van der Waals surface area (Å²) in [5.74, 6) is -0.124. The zero-order valence-electron chi connectivity index (χ0n) is 16.0. The van der Waals surface area contributed by atoms with Crippen LogP contribution in [-0.2, 0) is 9.59 Å². The van der Waals surface area contributed by atoms with Crippen LogP contribution in [0.1, 0.15) is 34.1 Å². The summed E-state index contributed by atoms with van der Waals surface area (Å²) in [4.78, 5) is 25.4. The first-order valence-corrected chi connectivity index (χ1v) is 10.0. The minimum Gasteiger partial charge on any atom is -0.326 e. The maximum atomic E-state index is 12.4. The number of amides is 2. The van der Waals surface area contributed by atoms with E-state index in [1.807, 2.05) is 52.0 Å². The number of hydrogen-bond donors (Lipinski definition) is 2. The molecule has 0 spiro atoms. The Morgan fingerprint density at radius 1 is 1.04 bits per heavy atom. The summed E-state index contributed by atoms with van der Waals surface area (Å²) in [6.45, 7) is 7.92. The molecule has 4 nitrogen and oxygen atoms in total. The van der Waals surface area contributed by atoms with Gasteiger partial charge in [-0.1, -0.05) is 44.5 Å². The van der Waals surface area contributed by atoms with Crippen LogP contribution in [0, 0.1) is 5.41 Å². The zero-order chi connectivity index (χ0) is 20.0. The summed E-state index contributed by atoms with van der Waals surface area (Å²) in [6.07, 6.45) is 0.447. The third kappa shape index (κ3) is 7.65. The van der Waals surface area contributed by atoms with Crippen LogP contribution in [-0.4, -0.2) is 17.1 Å². The van der Waals surface area contributed by atoms with Gasteiger partial charge in [-0.3, -0.25) is 9.59 Å². The summed E-state index contributed by atoms with van der Waals surface area (Å²) in [6, 6.07) is 14.6. The van der Waals surface area contributed by atoms with Crippen LogP contribution in [0.15, 0.2) is 53.4 Å². The van der Waals surface area contributed by atoms with Crippen molar-refractivity contribution in [2.24, 2.45) is 5.41 Å². The fourth-order valence-corrected chi connectivity index (χ4v) is 3.52. The Balaban J connectivity index is 1.96. The van der Waals surface area contributed by atoms with Crippen molar-refractivity contribution in [2.45, 2.75) is 44.3 Å². The molecule has 2 aromatic rings. The van der Waals surface area contributed by atoms with Crippen molar-refractivity contribution in [1.29, 1.82) is 0 Å². The Kier molecular flexibility index (Phi) is 7.33. The molecule has 0 aliphatic carbocycles. The number of benzene rings is 2. The van der Waals surface area contributed by atoms with Crippen LogP contribution in [0.2, 0.25) is 5.02 Å². The quantitative estimate of drug-likeness (QED) is 0.595. The minimum absolute atomic E-state index is 0.0172. The van der Waals surface area contributed by atoms with E-state index in [0.29, 0.717) is 17.1 Å². The van der Waals surface area contributed by atoms with Gasteiger partial charge in [0.05, 0.1) is 5.25 Å². The highest BCUT2D eigenvalue weighted by atomic mass is 35.5. The number of hydrogen-bond acceptors (Lipinski definition) is 3. The summed E-state index contributed by atoms with van der Waals surface area (Å²) in [7, 11) is 0. The third-order valence-corrected chi connectivity index (χ3v) is 4.91. The predicted molar refractivity (Wildman–Crippen MR) is 115 cm³/mol. The summed E-state index contributed by atoms with van der Waals surface area (Å²) in [5, 5.41) is 6.06. The molecule has 0 aliphatic rings. The smallest absolute Gasteiger partial charge is 0.237 e. The van der Waals surface area contributed by atoms with Gasteiger partial charge >= 0.3 is 0 Å². The van der Waals surface area contributed by atoms with Gasteiger partial charge in [-0.25, -0.2) is 0 Å². The van der Waals surface area contributed by atoms with E-state index in [0.717, 1.165) is 10.6 Å². The van der Waals surface area contributed by atoms with Crippen molar-refractivity contribution >= 4 is 46.6 Å². The molecule has 1 unspecified atom stereocenters. The second kappa shape index (κ2) is 9.29. The SMILES string of the molecule is CC(Sc1cccc(NC(=O)CC(C)(C)C)c1)C(=O)Nc1cccc(Cl)c1. The molecule has 6 heteroatoms. The Bertz CT molecular complexity index is 818. The van der Waals surface area contributed by atoms with Gasteiger partial charge in [-0.2, -0.15) is 0 Å². The average Bonchev–Trinajstić information content (AvgIpc) is 2.53. The summed E-state index contributed by atoms with van der Waals surface area (Å²) < 4.78 is 0. The van der Waals surface area contributed by atoms with E-state index >= 15 is 0 Å². The number of carbonyl (C=O) groups excluding carboxylic acids is 2. The molecule has 0 fully saturated rings. The summed E-state index contributed by atoms with van der Waals surface area (Å²) in [5.41, 5.74) is 1.34. The van der Waals surface area contributed by atoms with E-state index in [9.17, 15) is 9.59 Å². The predicted octanol–water partition coefficient (Wildman–Crippen LogP) is 5.83. The van der Waals surface area contributed by atoms with Gasteiger partial charge in [-0.15, -0.1) is 11.8 Å². The molecule has 0 radical (unpaired) electrons. The highest BCUT2D eigenvalue weighted by Crippen LogP contribution is 2.27. The second-order valence-corrected chi connectivity index (χ2v) is 9.42. The van der Waals surface area contributed by atoms with Gasteiger partial charge in [0.15, 0.2) is 0 Å². The van der Waals surface area contributed by atoms with Crippen molar-refractivity contribution in [3.05, 3.63) is 53.6 Å². The largest absolute Gasteiger partial charge is 0.326 e. The fourth-order valence-electron chi connectivity index (χ4n) is 2.40. The lowest BCUT2D eigenvalue weighted by atomic mass is 9.92. The molecule has 0 aromatic heterocycles. The Morgan fingerprint density at radius 3 is 2.30 bits per heavy atom. The van der Waals surface area contributed by atoms with Crippen molar-refractivity contribution < 1.29 is 9.59 Å². The number of rotatable bonds is 6. The lowest BCUT2D eigenvalue weighted by Gasteiger charge is -2.17. The van der Waals surface area contributed by atoms with Gasteiger partial charge in [0.1, 0.15) is 0 Å². The lowest BCUT2D eigenvalue weighted by Crippen LogP contribution is -2.22. The molecule has 27 heavy (non-hydrogen) atoms. The van der Waals surface area contributed by atoms with Crippen LogP contribution in [0.5, 0.6) is 0 Å². The van der Waals surface area contributed by atoms with Crippen molar-refractivity contribution in [3.8, 4) is 0 Å². The molecular formula is C21H25ClN2O2S. The first kappa shape index (κ1) is 21.3. The van der Waals surface area contributed by atoms with E-state index in [-0.39, 0.29) is 22.5 Å². The number of carbonyl (C=O) groups is 2. The van der Waals surface area contributed by atoms with E-state index in [4.69, 9.17) is 11.6 Å². The molecule has 2 rings (SSSR count). The number of thioether (sulfide) groups is 1. The van der Waals surface area contributed by atoms with Crippen LogP contribution in [0.25, 0.3) is 0 Å². The van der Waals surface area contributed by atoms with Crippen LogP contribution in [0.3, 0.4) is 0 Å². The van der Waals surface area contributed by atoms with Crippen molar-refractivity contribution in [3.63, 3.8) is 0 Å². The van der Waals surface area contributed by atoms with E-state index in [2.05, 4.69) is 10.6 Å². The first-order chi connectivity index (χ1) is 12.6. The Morgan fingerprint density at radius 2 is 1.67 bits per heavy atom. The van der Waals surface area contributed by atoms with E-state index in [1.54, 1.807) is 24.3 Å². The average molecular weight is 405 g/mol. The molecule has 1 atom stereocenters. The topological polar surface area (TPSA) is 58.2 Å². The molecule has 2 N–H and O–H groups in total. The molecule has 0 saturated heterocycles. The molecule has 0 bridgehead atoms. The van der Waals surface area contributed by atoms with Gasteiger partial charge in [0.25, 0.3) is 0 Å². The number of nitrogens with one attached hydrogen (secondary N) is 2. The molecule has 0 saturated carbocycles. The molecular weight excluding hydrogens is 380 g/mol. The zero-order valence-corrected chi connectivity index (χ0v) is 17.6. The number of halogens is 1. The number of anilines is 2. The monoisotopic (exact) mass is 404 g/mol. The molecule has 0 aliphatic heterocycles. The maximum absolute atomic E-state index is 12.4. The molecule has 144 valence electrons. The lowest BCUT2D eigenvalue weighted by molar-refractivity contribution is -0.118. The second-order valence-electron chi connectivity index (χ2n) is 7.57. The van der Waals surface area contributed by atoms with Gasteiger partial charge in [0.2, 0.25) is 11.8 Å². The van der Waals surface area contributed by atoms with E-state index < -0.39 is 0 Å². The molecule has 0 heterocycles. The highest BCUT2D eigenvalue weighted by molar-refractivity contribution is 8.00. The van der Waals surface area contributed by atoms with Crippen LogP contribution < -0.4 is 10.6 Å². The van der Waals surface area contributed by atoms with Crippen molar-refractivity contribution in [2.75, 3.05) is 10.6 Å². The Labute approximate surface area is 170 Å². The fraction of sp³-hybridized carbons (Fsp3) is 0.333. The third-order valence-electron chi connectivity index (χ3n) is 3.58. The van der Waals surface area contributed by atoms with E-state index in [1.165, 1.54) is 11.8 Å².